The predicted molar refractivity (Wildman–Crippen MR) is 75.9 cm³/mol. The summed E-state index contributed by atoms with van der Waals surface area (Å²) in [5.74, 6) is 0.160. The van der Waals surface area contributed by atoms with Gasteiger partial charge in [-0.1, -0.05) is 12.1 Å². The van der Waals surface area contributed by atoms with Gasteiger partial charge in [0.1, 0.15) is 0 Å². The van der Waals surface area contributed by atoms with E-state index in [1.54, 1.807) is 11.2 Å². The average Bonchev–Trinajstić information content (AvgIpc) is 2.85. The fourth-order valence-electron chi connectivity index (χ4n) is 2.00. The Hall–Kier alpha value is -1.88. The third kappa shape index (κ3) is 3.32. The molecule has 2 rings (SSSR count). The molecule has 1 amide bonds. The molecule has 19 heavy (non-hydrogen) atoms. The first-order valence-corrected chi connectivity index (χ1v) is 6.51. The largest absolute Gasteiger partial charge is 0.344 e. The van der Waals surface area contributed by atoms with Gasteiger partial charge in [-0.25, -0.2) is 4.98 Å². The molecule has 5 nitrogen and oxygen atoms in total. The van der Waals surface area contributed by atoms with Crippen LogP contribution in [-0.4, -0.2) is 47.5 Å². The Labute approximate surface area is 113 Å². The van der Waals surface area contributed by atoms with E-state index in [1.165, 1.54) is 0 Å². The maximum absolute atomic E-state index is 11.9. The number of hydrogen-bond acceptors (Lipinski definition) is 3. The van der Waals surface area contributed by atoms with Crippen molar-refractivity contribution in [3.63, 3.8) is 0 Å². The van der Waals surface area contributed by atoms with Crippen molar-refractivity contribution >= 4 is 16.9 Å². The van der Waals surface area contributed by atoms with Crippen LogP contribution >= 0.6 is 0 Å². The number of hydrogen-bond donors (Lipinski definition) is 1. The molecule has 0 radical (unpaired) electrons. The van der Waals surface area contributed by atoms with Crippen LogP contribution in [-0.2, 0) is 11.3 Å². The number of likely N-dealkylation sites (N-methyl/N-ethyl adjacent to an activating group) is 2. The fourth-order valence-corrected chi connectivity index (χ4v) is 2.00. The summed E-state index contributed by atoms with van der Waals surface area (Å²) in [5, 5.41) is 3.04. The third-order valence-electron chi connectivity index (χ3n) is 3.22. The van der Waals surface area contributed by atoms with Gasteiger partial charge in [-0.3, -0.25) is 4.79 Å². The van der Waals surface area contributed by atoms with Crippen molar-refractivity contribution in [2.24, 2.45) is 0 Å². The van der Waals surface area contributed by atoms with Crippen LogP contribution in [0.4, 0.5) is 0 Å². The molecule has 5 heteroatoms. The van der Waals surface area contributed by atoms with E-state index in [4.69, 9.17) is 0 Å². The maximum atomic E-state index is 11.9. The molecule has 0 spiro atoms. The molecule has 1 heterocycles. The Morgan fingerprint density at radius 1 is 1.42 bits per heavy atom. The number of carbonyl (C=O) groups is 1. The highest BCUT2D eigenvalue weighted by Crippen LogP contribution is 2.12. The summed E-state index contributed by atoms with van der Waals surface area (Å²) in [6.07, 6.45) is 2.30. The van der Waals surface area contributed by atoms with Gasteiger partial charge in [0, 0.05) is 33.1 Å². The number of amides is 1. The molecule has 0 fully saturated rings. The number of carbonyl (C=O) groups excluding carboxylic acids is 1. The Morgan fingerprint density at radius 3 is 3.00 bits per heavy atom. The van der Waals surface area contributed by atoms with E-state index in [0.29, 0.717) is 13.0 Å². The molecule has 0 aliphatic rings. The zero-order chi connectivity index (χ0) is 13.7. The Balaban J connectivity index is 1.93. The van der Waals surface area contributed by atoms with Crippen molar-refractivity contribution < 1.29 is 4.79 Å². The van der Waals surface area contributed by atoms with Gasteiger partial charge in [-0.15, -0.1) is 0 Å². The van der Waals surface area contributed by atoms with E-state index in [1.807, 2.05) is 42.9 Å². The van der Waals surface area contributed by atoms with Gasteiger partial charge in [0.05, 0.1) is 17.4 Å². The van der Waals surface area contributed by atoms with Crippen LogP contribution in [0.5, 0.6) is 0 Å². The molecule has 0 aliphatic heterocycles. The number of aryl methyl sites for hydroxylation is 1. The standard InChI is InChI=1S/C14H20N4O/c1-15-8-10-17(2)14(19)7-9-18-11-16-12-5-3-4-6-13(12)18/h3-6,11,15H,7-10H2,1-2H3. The summed E-state index contributed by atoms with van der Waals surface area (Å²) in [4.78, 5) is 18.0. The molecule has 0 atom stereocenters. The monoisotopic (exact) mass is 260 g/mol. The molecule has 0 saturated carbocycles. The zero-order valence-electron chi connectivity index (χ0n) is 11.5. The normalized spacial score (nSPS) is 10.8. The van der Waals surface area contributed by atoms with Crippen LogP contribution in [0.1, 0.15) is 6.42 Å². The van der Waals surface area contributed by atoms with Gasteiger partial charge >= 0.3 is 0 Å². The highest BCUT2D eigenvalue weighted by molar-refractivity contribution is 5.77. The minimum atomic E-state index is 0.160. The highest BCUT2D eigenvalue weighted by Gasteiger charge is 2.09. The van der Waals surface area contributed by atoms with Crippen molar-refractivity contribution in [3.8, 4) is 0 Å². The number of imidazole rings is 1. The number of para-hydroxylation sites is 2. The molecule has 0 bridgehead atoms. The Kier molecular flexibility index (Phi) is 4.52. The Bertz CT molecular complexity index is 549. The lowest BCUT2D eigenvalue weighted by Crippen LogP contribution is -2.33. The minimum Gasteiger partial charge on any atom is -0.344 e. The summed E-state index contributed by atoms with van der Waals surface area (Å²) >= 11 is 0. The second kappa shape index (κ2) is 6.33. The van der Waals surface area contributed by atoms with Gasteiger partial charge in [0.2, 0.25) is 5.91 Å². The van der Waals surface area contributed by atoms with Crippen LogP contribution in [0.2, 0.25) is 0 Å². The van der Waals surface area contributed by atoms with Crippen LogP contribution in [0.25, 0.3) is 11.0 Å². The molecular weight excluding hydrogens is 240 g/mol. The van der Waals surface area contributed by atoms with Crippen molar-refractivity contribution in [1.29, 1.82) is 0 Å². The average molecular weight is 260 g/mol. The van der Waals surface area contributed by atoms with E-state index < -0.39 is 0 Å². The quantitative estimate of drug-likeness (QED) is 0.846. The molecule has 0 saturated heterocycles. The second-order valence-electron chi connectivity index (χ2n) is 4.60. The second-order valence-corrected chi connectivity index (χ2v) is 4.60. The number of nitrogens with one attached hydrogen (secondary N) is 1. The predicted octanol–water partition coefficient (Wildman–Crippen LogP) is 1.10. The molecular formula is C14H20N4O. The van der Waals surface area contributed by atoms with E-state index in [-0.39, 0.29) is 5.91 Å². The summed E-state index contributed by atoms with van der Waals surface area (Å²) in [6, 6.07) is 7.96. The summed E-state index contributed by atoms with van der Waals surface area (Å²) in [5.41, 5.74) is 2.05. The molecule has 2 aromatic rings. The molecule has 1 N–H and O–H groups in total. The first kappa shape index (κ1) is 13.5. The first-order chi connectivity index (χ1) is 9.22. The Morgan fingerprint density at radius 2 is 2.21 bits per heavy atom. The van der Waals surface area contributed by atoms with E-state index in [9.17, 15) is 4.79 Å². The number of nitrogens with zero attached hydrogens (tertiary/aromatic N) is 3. The fraction of sp³-hybridized carbons (Fsp3) is 0.429. The lowest BCUT2D eigenvalue weighted by Gasteiger charge is -2.17. The van der Waals surface area contributed by atoms with Gasteiger partial charge in [-0.2, -0.15) is 0 Å². The molecule has 1 aromatic heterocycles. The number of fused-ring (bicyclic) bond motifs is 1. The number of benzene rings is 1. The highest BCUT2D eigenvalue weighted by atomic mass is 16.2. The SMILES string of the molecule is CNCCN(C)C(=O)CCn1cnc2ccccc21. The third-order valence-corrected chi connectivity index (χ3v) is 3.22. The maximum Gasteiger partial charge on any atom is 0.224 e. The minimum absolute atomic E-state index is 0.160. The smallest absolute Gasteiger partial charge is 0.224 e. The topological polar surface area (TPSA) is 50.2 Å². The van der Waals surface area contributed by atoms with E-state index in [2.05, 4.69) is 10.3 Å². The summed E-state index contributed by atoms with van der Waals surface area (Å²) in [6.45, 7) is 2.22. The molecule has 1 aromatic carbocycles. The van der Waals surface area contributed by atoms with Crippen molar-refractivity contribution in [3.05, 3.63) is 30.6 Å². The van der Waals surface area contributed by atoms with Gasteiger partial charge in [-0.05, 0) is 19.2 Å². The zero-order valence-corrected chi connectivity index (χ0v) is 11.5. The first-order valence-electron chi connectivity index (χ1n) is 6.51. The van der Waals surface area contributed by atoms with E-state index >= 15 is 0 Å². The van der Waals surface area contributed by atoms with Gasteiger partial charge < -0.3 is 14.8 Å². The molecule has 0 aliphatic carbocycles. The van der Waals surface area contributed by atoms with Crippen molar-refractivity contribution in [1.82, 2.24) is 19.8 Å². The van der Waals surface area contributed by atoms with Crippen LogP contribution in [0, 0.1) is 0 Å². The lowest BCUT2D eigenvalue weighted by molar-refractivity contribution is -0.130. The number of rotatable bonds is 6. The summed E-state index contributed by atoms with van der Waals surface area (Å²) < 4.78 is 2.03. The number of aromatic nitrogens is 2. The molecule has 0 unspecified atom stereocenters. The van der Waals surface area contributed by atoms with Crippen LogP contribution in [0.3, 0.4) is 0 Å². The lowest BCUT2D eigenvalue weighted by atomic mass is 10.3. The van der Waals surface area contributed by atoms with Crippen molar-refractivity contribution in [2.45, 2.75) is 13.0 Å². The molecule has 102 valence electrons. The van der Waals surface area contributed by atoms with Crippen molar-refractivity contribution in [2.75, 3.05) is 27.2 Å². The van der Waals surface area contributed by atoms with Gasteiger partial charge in [0.25, 0.3) is 0 Å². The van der Waals surface area contributed by atoms with Crippen LogP contribution in [0.15, 0.2) is 30.6 Å². The van der Waals surface area contributed by atoms with E-state index in [0.717, 1.165) is 24.1 Å². The van der Waals surface area contributed by atoms with Crippen LogP contribution < -0.4 is 5.32 Å². The van der Waals surface area contributed by atoms with Gasteiger partial charge in [0.15, 0.2) is 0 Å². The summed E-state index contributed by atoms with van der Waals surface area (Å²) in [7, 11) is 3.72.